The summed E-state index contributed by atoms with van der Waals surface area (Å²) in [5.41, 5.74) is 1.26. The van der Waals surface area contributed by atoms with Crippen molar-refractivity contribution in [3.63, 3.8) is 0 Å². The SMILES string of the molecule is CSCC(=O)NCCCn1ccc2ccccc21. The Kier molecular flexibility index (Phi) is 4.70. The second-order valence-corrected chi connectivity index (χ2v) is 5.07. The third kappa shape index (κ3) is 3.29. The van der Waals surface area contributed by atoms with Crippen LogP contribution in [0.2, 0.25) is 0 Å². The average molecular weight is 262 g/mol. The predicted octanol–water partition coefficient (Wildman–Crippen LogP) is 2.51. The van der Waals surface area contributed by atoms with Gasteiger partial charge in [0.2, 0.25) is 5.91 Å². The molecular formula is C14H18N2OS. The topological polar surface area (TPSA) is 34.0 Å². The molecule has 4 heteroatoms. The summed E-state index contributed by atoms with van der Waals surface area (Å²) >= 11 is 1.55. The molecule has 0 aliphatic carbocycles. The van der Waals surface area contributed by atoms with E-state index in [9.17, 15) is 4.79 Å². The lowest BCUT2D eigenvalue weighted by Gasteiger charge is -2.06. The first kappa shape index (κ1) is 13.0. The highest BCUT2D eigenvalue weighted by Crippen LogP contribution is 2.15. The summed E-state index contributed by atoms with van der Waals surface area (Å²) in [7, 11) is 0. The molecule has 0 unspecified atom stereocenters. The van der Waals surface area contributed by atoms with E-state index in [2.05, 4.69) is 46.4 Å². The van der Waals surface area contributed by atoms with Crippen LogP contribution in [0.1, 0.15) is 6.42 Å². The molecule has 1 amide bonds. The molecule has 2 aromatic rings. The molecule has 96 valence electrons. The number of carbonyl (C=O) groups excluding carboxylic acids is 1. The molecule has 0 fully saturated rings. The summed E-state index contributed by atoms with van der Waals surface area (Å²) in [6.45, 7) is 1.68. The van der Waals surface area contributed by atoms with Gasteiger partial charge in [0, 0.05) is 24.8 Å². The van der Waals surface area contributed by atoms with Crippen LogP contribution in [-0.2, 0) is 11.3 Å². The van der Waals surface area contributed by atoms with Crippen molar-refractivity contribution < 1.29 is 4.79 Å². The number of thioether (sulfide) groups is 1. The van der Waals surface area contributed by atoms with E-state index in [1.807, 2.05) is 6.26 Å². The molecule has 0 bridgehead atoms. The van der Waals surface area contributed by atoms with Crippen LogP contribution in [0.3, 0.4) is 0 Å². The molecule has 0 saturated heterocycles. The lowest BCUT2D eigenvalue weighted by atomic mass is 10.2. The Labute approximate surface area is 112 Å². The number of nitrogens with one attached hydrogen (secondary N) is 1. The molecule has 1 N–H and O–H groups in total. The van der Waals surface area contributed by atoms with Crippen molar-refractivity contribution in [2.45, 2.75) is 13.0 Å². The minimum absolute atomic E-state index is 0.125. The van der Waals surface area contributed by atoms with Crippen molar-refractivity contribution >= 4 is 28.6 Å². The summed E-state index contributed by atoms with van der Waals surface area (Å²) in [6, 6.07) is 10.5. The molecule has 1 aromatic carbocycles. The number of para-hydroxylation sites is 1. The lowest BCUT2D eigenvalue weighted by Crippen LogP contribution is -2.26. The number of nitrogens with zero attached hydrogens (tertiary/aromatic N) is 1. The molecule has 0 radical (unpaired) electrons. The quantitative estimate of drug-likeness (QED) is 0.812. The maximum atomic E-state index is 11.3. The molecule has 0 atom stereocenters. The second-order valence-electron chi connectivity index (χ2n) is 4.20. The molecule has 0 saturated carbocycles. The van der Waals surface area contributed by atoms with Crippen LogP contribution in [-0.4, -0.2) is 29.0 Å². The largest absolute Gasteiger partial charge is 0.355 e. The van der Waals surface area contributed by atoms with E-state index in [1.165, 1.54) is 10.9 Å². The third-order valence-electron chi connectivity index (χ3n) is 2.85. The fourth-order valence-corrected chi connectivity index (χ4v) is 2.36. The summed E-state index contributed by atoms with van der Waals surface area (Å²) in [4.78, 5) is 11.3. The first-order valence-corrected chi connectivity index (χ1v) is 7.50. The number of aryl methyl sites for hydroxylation is 1. The van der Waals surface area contributed by atoms with Crippen molar-refractivity contribution in [3.05, 3.63) is 36.5 Å². The van der Waals surface area contributed by atoms with Gasteiger partial charge in [0.25, 0.3) is 0 Å². The Morgan fingerprint density at radius 1 is 1.33 bits per heavy atom. The van der Waals surface area contributed by atoms with Gasteiger partial charge in [0.15, 0.2) is 0 Å². The fourth-order valence-electron chi connectivity index (χ4n) is 1.99. The van der Waals surface area contributed by atoms with Gasteiger partial charge in [-0.25, -0.2) is 0 Å². The standard InChI is InChI=1S/C14H18N2OS/c1-18-11-14(17)15-8-4-9-16-10-7-12-5-2-3-6-13(12)16/h2-3,5-7,10H,4,8-9,11H2,1H3,(H,15,17). The molecular weight excluding hydrogens is 244 g/mol. The van der Waals surface area contributed by atoms with Gasteiger partial charge in [-0.1, -0.05) is 18.2 Å². The van der Waals surface area contributed by atoms with Gasteiger partial charge < -0.3 is 9.88 Å². The molecule has 3 nitrogen and oxygen atoms in total. The van der Waals surface area contributed by atoms with Crippen molar-refractivity contribution in [3.8, 4) is 0 Å². The monoisotopic (exact) mass is 262 g/mol. The molecule has 0 aliphatic rings. The highest BCUT2D eigenvalue weighted by molar-refractivity contribution is 7.99. The van der Waals surface area contributed by atoms with E-state index in [0.29, 0.717) is 5.75 Å². The third-order valence-corrected chi connectivity index (χ3v) is 3.40. The normalized spacial score (nSPS) is 10.7. The Balaban J connectivity index is 1.82. The van der Waals surface area contributed by atoms with Crippen LogP contribution in [0.4, 0.5) is 0 Å². The second kappa shape index (κ2) is 6.50. The Morgan fingerprint density at radius 3 is 3.00 bits per heavy atom. The van der Waals surface area contributed by atoms with E-state index in [0.717, 1.165) is 19.5 Å². The van der Waals surface area contributed by atoms with E-state index in [-0.39, 0.29) is 5.91 Å². The van der Waals surface area contributed by atoms with Crippen LogP contribution >= 0.6 is 11.8 Å². The van der Waals surface area contributed by atoms with Gasteiger partial charge in [-0.2, -0.15) is 11.8 Å². The highest BCUT2D eigenvalue weighted by Gasteiger charge is 2.01. The number of amides is 1. The van der Waals surface area contributed by atoms with Crippen LogP contribution in [0.5, 0.6) is 0 Å². The summed E-state index contributed by atoms with van der Waals surface area (Å²) in [5, 5.41) is 4.19. The van der Waals surface area contributed by atoms with E-state index in [1.54, 1.807) is 11.8 Å². The van der Waals surface area contributed by atoms with Gasteiger partial charge in [-0.3, -0.25) is 4.79 Å². The molecule has 1 aromatic heterocycles. The van der Waals surface area contributed by atoms with Gasteiger partial charge in [0.05, 0.1) is 5.75 Å². The Morgan fingerprint density at radius 2 is 2.17 bits per heavy atom. The molecule has 0 aliphatic heterocycles. The van der Waals surface area contributed by atoms with Crippen LogP contribution in [0.25, 0.3) is 10.9 Å². The van der Waals surface area contributed by atoms with E-state index in [4.69, 9.17) is 0 Å². The van der Waals surface area contributed by atoms with Crippen LogP contribution < -0.4 is 5.32 Å². The van der Waals surface area contributed by atoms with E-state index >= 15 is 0 Å². The fraction of sp³-hybridized carbons (Fsp3) is 0.357. The van der Waals surface area contributed by atoms with Gasteiger partial charge in [-0.05, 0) is 30.2 Å². The summed E-state index contributed by atoms with van der Waals surface area (Å²) in [6.07, 6.45) is 5.00. The number of hydrogen-bond donors (Lipinski definition) is 1. The molecule has 2 rings (SSSR count). The molecule has 1 heterocycles. The lowest BCUT2D eigenvalue weighted by molar-refractivity contribution is -0.118. The number of hydrogen-bond acceptors (Lipinski definition) is 2. The van der Waals surface area contributed by atoms with Crippen LogP contribution in [0, 0.1) is 0 Å². The summed E-state index contributed by atoms with van der Waals surface area (Å²) < 4.78 is 2.23. The first-order valence-electron chi connectivity index (χ1n) is 6.11. The zero-order valence-corrected chi connectivity index (χ0v) is 11.4. The maximum absolute atomic E-state index is 11.3. The smallest absolute Gasteiger partial charge is 0.229 e. The zero-order chi connectivity index (χ0) is 12.8. The van der Waals surface area contributed by atoms with E-state index < -0.39 is 0 Å². The number of benzene rings is 1. The van der Waals surface area contributed by atoms with Crippen molar-refractivity contribution in [1.29, 1.82) is 0 Å². The summed E-state index contributed by atoms with van der Waals surface area (Å²) in [5.74, 6) is 0.673. The number of carbonyl (C=O) groups is 1. The minimum Gasteiger partial charge on any atom is -0.355 e. The molecule has 18 heavy (non-hydrogen) atoms. The van der Waals surface area contributed by atoms with Crippen molar-refractivity contribution in [2.75, 3.05) is 18.6 Å². The first-order chi connectivity index (χ1) is 8.81. The van der Waals surface area contributed by atoms with Gasteiger partial charge in [0.1, 0.15) is 0 Å². The predicted molar refractivity (Wildman–Crippen MR) is 77.9 cm³/mol. The molecule has 0 spiro atoms. The van der Waals surface area contributed by atoms with Gasteiger partial charge in [-0.15, -0.1) is 0 Å². The Hall–Kier alpha value is -1.42. The Bertz CT molecular complexity index is 521. The number of fused-ring (bicyclic) bond motifs is 1. The average Bonchev–Trinajstić information content (AvgIpc) is 2.78. The number of aromatic nitrogens is 1. The van der Waals surface area contributed by atoms with Crippen molar-refractivity contribution in [1.82, 2.24) is 9.88 Å². The number of rotatable bonds is 6. The highest BCUT2D eigenvalue weighted by atomic mass is 32.2. The maximum Gasteiger partial charge on any atom is 0.229 e. The minimum atomic E-state index is 0.125. The zero-order valence-electron chi connectivity index (χ0n) is 10.6. The van der Waals surface area contributed by atoms with Gasteiger partial charge >= 0.3 is 0 Å². The van der Waals surface area contributed by atoms with Crippen molar-refractivity contribution in [2.24, 2.45) is 0 Å². The van der Waals surface area contributed by atoms with Crippen LogP contribution in [0.15, 0.2) is 36.5 Å².